The lowest BCUT2D eigenvalue weighted by atomic mass is 10.1. The van der Waals surface area contributed by atoms with Gasteiger partial charge in [-0.15, -0.1) is 0 Å². The number of pyridine rings is 1. The molecular weight excluding hydrogens is 233 g/mol. The van der Waals surface area contributed by atoms with Crippen LogP contribution in [0.25, 0.3) is 17.3 Å². The lowest BCUT2D eigenvalue weighted by Crippen LogP contribution is -1.89. The van der Waals surface area contributed by atoms with Crippen LogP contribution in [0.1, 0.15) is 5.56 Å². The highest BCUT2D eigenvalue weighted by Gasteiger charge is 2.04. The smallest absolute Gasteiger partial charge is 0.328 e. The topological polar surface area (TPSA) is 50.2 Å². The minimum absolute atomic E-state index is 0.334. The van der Waals surface area contributed by atoms with Crippen LogP contribution in [0.15, 0.2) is 48.7 Å². The van der Waals surface area contributed by atoms with Gasteiger partial charge in [0.05, 0.1) is 5.69 Å². The van der Waals surface area contributed by atoms with E-state index >= 15 is 0 Å². The average Bonchev–Trinajstić information content (AvgIpc) is 2.38. The van der Waals surface area contributed by atoms with Gasteiger partial charge in [-0.1, -0.05) is 18.2 Å². The first-order chi connectivity index (χ1) is 8.66. The molecule has 1 N–H and O–H groups in total. The van der Waals surface area contributed by atoms with Crippen molar-refractivity contribution in [3.63, 3.8) is 0 Å². The highest BCUT2D eigenvalue weighted by Crippen LogP contribution is 2.20. The van der Waals surface area contributed by atoms with E-state index in [2.05, 4.69) is 4.98 Å². The summed E-state index contributed by atoms with van der Waals surface area (Å²) in [6.45, 7) is 0. The number of hydrogen-bond acceptors (Lipinski definition) is 2. The highest BCUT2D eigenvalue weighted by atomic mass is 19.1. The van der Waals surface area contributed by atoms with E-state index in [-0.39, 0.29) is 5.82 Å². The molecule has 0 radical (unpaired) electrons. The fourth-order valence-electron chi connectivity index (χ4n) is 1.50. The molecule has 18 heavy (non-hydrogen) atoms. The van der Waals surface area contributed by atoms with Crippen LogP contribution in [0.4, 0.5) is 4.39 Å². The molecule has 0 saturated carbocycles. The highest BCUT2D eigenvalue weighted by molar-refractivity contribution is 5.85. The Bertz CT molecular complexity index is 591. The predicted molar refractivity (Wildman–Crippen MR) is 66.3 cm³/mol. The van der Waals surface area contributed by atoms with Crippen LogP contribution < -0.4 is 0 Å². The van der Waals surface area contributed by atoms with Crippen molar-refractivity contribution in [2.45, 2.75) is 0 Å². The maximum Gasteiger partial charge on any atom is 0.328 e. The molecule has 0 spiro atoms. The zero-order valence-electron chi connectivity index (χ0n) is 9.38. The fourth-order valence-corrected chi connectivity index (χ4v) is 1.50. The first-order valence-electron chi connectivity index (χ1n) is 5.29. The van der Waals surface area contributed by atoms with E-state index in [1.807, 2.05) is 0 Å². The van der Waals surface area contributed by atoms with Gasteiger partial charge in [0.25, 0.3) is 0 Å². The van der Waals surface area contributed by atoms with Gasteiger partial charge in [-0.25, -0.2) is 9.18 Å². The summed E-state index contributed by atoms with van der Waals surface area (Å²) in [6, 6.07) is 9.70. The van der Waals surface area contributed by atoms with Gasteiger partial charge in [0, 0.05) is 17.8 Å². The molecule has 1 aromatic carbocycles. The lowest BCUT2D eigenvalue weighted by Gasteiger charge is -2.02. The summed E-state index contributed by atoms with van der Waals surface area (Å²) in [6.07, 6.45) is 3.96. The van der Waals surface area contributed by atoms with Crippen molar-refractivity contribution in [3.05, 3.63) is 60.1 Å². The van der Waals surface area contributed by atoms with E-state index in [4.69, 9.17) is 5.11 Å². The third kappa shape index (κ3) is 2.79. The second-order valence-corrected chi connectivity index (χ2v) is 3.63. The number of halogens is 1. The Morgan fingerprint density at radius 1 is 1.22 bits per heavy atom. The normalized spacial score (nSPS) is 10.7. The largest absolute Gasteiger partial charge is 0.478 e. The predicted octanol–water partition coefficient (Wildman–Crippen LogP) is 2.99. The van der Waals surface area contributed by atoms with Gasteiger partial charge in [-0.3, -0.25) is 4.98 Å². The number of carboxylic acid groups (broad SMARTS) is 1. The molecule has 2 aromatic rings. The Balaban J connectivity index is 2.28. The van der Waals surface area contributed by atoms with E-state index in [0.717, 1.165) is 6.08 Å². The number of hydrogen-bond donors (Lipinski definition) is 1. The number of nitrogens with zero attached hydrogens (tertiary/aromatic N) is 1. The van der Waals surface area contributed by atoms with E-state index in [0.29, 0.717) is 16.8 Å². The SMILES string of the molecule is O=C(O)/C=C/c1ccc(-c2ccccc2F)nc1. The number of aromatic nitrogens is 1. The molecule has 90 valence electrons. The van der Waals surface area contributed by atoms with Crippen molar-refractivity contribution >= 4 is 12.0 Å². The van der Waals surface area contributed by atoms with Crippen molar-refractivity contribution in [2.75, 3.05) is 0 Å². The molecule has 0 unspecified atom stereocenters. The Morgan fingerprint density at radius 3 is 2.61 bits per heavy atom. The molecule has 2 rings (SSSR count). The minimum Gasteiger partial charge on any atom is -0.478 e. The molecular formula is C14H10FNO2. The van der Waals surface area contributed by atoms with Crippen molar-refractivity contribution in [1.29, 1.82) is 0 Å². The zero-order valence-corrected chi connectivity index (χ0v) is 9.38. The quantitative estimate of drug-likeness (QED) is 0.843. The Kier molecular flexibility index (Phi) is 3.48. The molecule has 0 aliphatic heterocycles. The molecule has 0 aliphatic carbocycles. The van der Waals surface area contributed by atoms with Crippen LogP contribution in [0.2, 0.25) is 0 Å². The number of aliphatic carboxylic acids is 1. The second-order valence-electron chi connectivity index (χ2n) is 3.63. The molecule has 1 aromatic heterocycles. The van der Waals surface area contributed by atoms with Gasteiger partial charge in [0.15, 0.2) is 0 Å². The van der Waals surface area contributed by atoms with Gasteiger partial charge in [0.1, 0.15) is 5.82 Å². The maximum atomic E-state index is 13.5. The van der Waals surface area contributed by atoms with E-state index < -0.39 is 5.97 Å². The van der Waals surface area contributed by atoms with E-state index in [1.54, 1.807) is 30.3 Å². The first kappa shape index (κ1) is 12.0. The van der Waals surface area contributed by atoms with E-state index in [9.17, 15) is 9.18 Å². The monoisotopic (exact) mass is 243 g/mol. The summed E-state index contributed by atoms with van der Waals surface area (Å²) < 4.78 is 13.5. The van der Waals surface area contributed by atoms with Crippen molar-refractivity contribution in [3.8, 4) is 11.3 Å². The lowest BCUT2D eigenvalue weighted by molar-refractivity contribution is -0.131. The molecule has 1 heterocycles. The molecule has 3 nitrogen and oxygen atoms in total. The summed E-state index contributed by atoms with van der Waals surface area (Å²) >= 11 is 0. The number of benzene rings is 1. The zero-order chi connectivity index (χ0) is 13.0. The summed E-state index contributed by atoms with van der Waals surface area (Å²) in [4.78, 5) is 14.5. The van der Waals surface area contributed by atoms with Gasteiger partial charge in [0.2, 0.25) is 0 Å². The Hall–Kier alpha value is -2.49. The second kappa shape index (κ2) is 5.23. The molecule has 0 fully saturated rings. The number of carbonyl (C=O) groups is 1. The molecule has 0 bridgehead atoms. The summed E-state index contributed by atoms with van der Waals surface area (Å²) in [7, 11) is 0. The van der Waals surface area contributed by atoms with Crippen molar-refractivity contribution < 1.29 is 14.3 Å². The van der Waals surface area contributed by atoms with Crippen molar-refractivity contribution in [1.82, 2.24) is 4.98 Å². The van der Waals surface area contributed by atoms with Crippen LogP contribution in [-0.4, -0.2) is 16.1 Å². The van der Waals surface area contributed by atoms with Gasteiger partial charge in [-0.2, -0.15) is 0 Å². The van der Waals surface area contributed by atoms with Gasteiger partial charge < -0.3 is 5.11 Å². The van der Waals surface area contributed by atoms with Crippen LogP contribution in [0.3, 0.4) is 0 Å². The fraction of sp³-hybridized carbons (Fsp3) is 0. The van der Waals surface area contributed by atoms with Gasteiger partial charge >= 0.3 is 5.97 Å². The average molecular weight is 243 g/mol. The van der Waals surface area contributed by atoms with Crippen LogP contribution >= 0.6 is 0 Å². The Morgan fingerprint density at radius 2 is 2.00 bits per heavy atom. The van der Waals surface area contributed by atoms with Crippen LogP contribution in [0, 0.1) is 5.82 Å². The summed E-state index contributed by atoms with van der Waals surface area (Å²) in [5.41, 5.74) is 1.59. The standard InChI is InChI=1S/C14H10FNO2/c15-12-4-2-1-3-11(12)13-7-5-10(9-16-13)6-8-14(17)18/h1-9H,(H,17,18)/b8-6+. The molecule has 0 amide bonds. The number of rotatable bonds is 3. The van der Waals surface area contributed by atoms with E-state index in [1.165, 1.54) is 18.3 Å². The maximum absolute atomic E-state index is 13.5. The first-order valence-corrected chi connectivity index (χ1v) is 5.29. The molecule has 0 aliphatic rings. The summed E-state index contributed by atoms with van der Waals surface area (Å²) in [5.74, 6) is -1.35. The van der Waals surface area contributed by atoms with Crippen LogP contribution in [0.5, 0.6) is 0 Å². The molecule has 0 saturated heterocycles. The van der Waals surface area contributed by atoms with Gasteiger partial charge in [-0.05, 0) is 29.8 Å². The molecule has 4 heteroatoms. The third-order valence-electron chi connectivity index (χ3n) is 2.35. The summed E-state index contributed by atoms with van der Waals surface area (Å²) in [5, 5.41) is 8.49. The van der Waals surface area contributed by atoms with Crippen LogP contribution in [-0.2, 0) is 4.79 Å². The minimum atomic E-state index is -1.02. The number of carboxylic acids is 1. The Labute approximate surface area is 103 Å². The van der Waals surface area contributed by atoms with Crippen molar-refractivity contribution in [2.24, 2.45) is 0 Å². The molecule has 0 atom stereocenters. The third-order valence-corrected chi connectivity index (χ3v) is 2.35.